The first-order valence-corrected chi connectivity index (χ1v) is 8.83. The van der Waals surface area contributed by atoms with E-state index in [1.165, 1.54) is 5.56 Å². The average molecular weight is 329 g/mol. The van der Waals surface area contributed by atoms with Crippen molar-refractivity contribution in [1.29, 1.82) is 0 Å². The number of hydrogen-bond acceptors (Lipinski definition) is 3. The molecule has 3 unspecified atom stereocenters. The second-order valence-electron chi connectivity index (χ2n) is 5.29. The van der Waals surface area contributed by atoms with Crippen LogP contribution in [0.15, 0.2) is 24.3 Å². The SMILES string of the molecule is CSCC(CCO)NC(=O)NC1CC1c1cccc(Cl)c1. The maximum absolute atomic E-state index is 12.0. The van der Waals surface area contributed by atoms with Crippen molar-refractivity contribution in [3.05, 3.63) is 34.9 Å². The highest BCUT2D eigenvalue weighted by Gasteiger charge is 2.39. The summed E-state index contributed by atoms with van der Waals surface area (Å²) >= 11 is 7.64. The van der Waals surface area contributed by atoms with Crippen LogP contribution in [0, 0.1) is 0 Å². The quantitative estimate of drug-likeness (QED) is 0.721. The van der Waals surface area contributed by atoms with Crippen LogP contribution in [0.2, 0.25) is 5.02 Å². The van der Waals surface area contributed by atoms with Crippen molar-refractivity contribution in [1.82, 2.24) is 10.6 Å². The first-order chi connectivity index (χ1) is 10.1. The molecule has 6 heteroatoms. The van der Waals surface area contributed by atoms with Gasteiger partial charge in [-0.2, -0.15) is 11.8 Å². The summed E-state index contributed by atoms with van der Waals surface area (Å²) in [4.78, 5) is 12.0. The largest absolute Gasteiger partial charge is 0.396 e. The lowest BCUT2D eigenvalue weighted by Gasteiger charge is -2.17. The van der Waals surface area contributed by atoms with E-state index in [-0.39, 0.29) is 24.7 Å². The van der Waals surface area contributed by atoms with Crippen LogP contribution in [0.4, 0.5) is 4.79 Å². The van der Waals surface area contributed by atoms with Gasteiger partial charge in [-0.25, -0.2) is 4.79 Å². The third-order valence-electron chi connectivity index (χ3n) is 3.56. The zero-order valence-corrected chi connectivity index (χ0v) is 13.6. The van der Waals surface area contributed by atoms with Gasteiger partial charge < -0.3 is 15.7 Å². The fourth-order valence-electron chi connectivity index (χ4n) is 2.41. The van der Waals surface area contributed by atoms with Crippen molar-refractivity contribution in [2.24, 2.45) is 0 Å². The highest BCUT2D eigenvalue weighted by atomic mass is 35.5. The lowest BCUT2D eigenvalue weighted by atomic mass is 10.1. The van der Waals surface area contributed by atoms with Gasteiger partial charge in [-0.1, -0.05) is 23.7 Å². The summed E-state index contributed by atoms with van der Waals surface area (Å²) in [5.41, 5.74) is 1.17. The second-order valence-corrected chi connectivity index (χ2v) is 6.63. The van der Waals surface area contributed by atoms with E-state index in [1.54, 1.807) is 11.8 Å². The van der Waals surface area contributed by atoms with Crippen molar-refractivity contribution in [2.45, 2.75) is 30.8 Å². The molecule has 1 aliphatic rings. The molecule has 1 aliphatic carbocycles. The van der Waals surface area contributed by atoms with Gasteiger partial charge in [0, 0.05) is 35.4 Å². The van der Waals surface area contributed by atoms with Gasteiger partial charge in [0.15, 0.2) is 0 Å². The summed E-state index contributed by atoms with van der Waals surface area (Å²) < 4.78 is 0. The number of hydrogen-bond donors (Lipinski definition) is 3. The van der Waals surface area contributed by atoms with E-state index in [0.29, 0.717) is 12.3 Å². The third-order valence-corrected chi connectivity index (χ3v) is 4.54. The summed E-state index contributed by atoms with van der Waals surface area (Å²) in [6.45, 7) is 0.0834. The standard InChI is InChI=1S/C15H21ClN2O2S/c1-21-9-12(5-6-19)17-15(20)18-14-8-13(14)10-3-2-4-11(16)7-10/h2-4,7,12-14,19H,5-6,8-9H2,1H3,(H2,17,18,20). The van der Waals surface area contributed by atoms with Crippen LogP contribution < -0.4 is 10.6 Å². The molecule has 1 aromatic rings. The number of amides is 2. The van der Waals surface area contributed by atoms with Gasteiger partial charge in [-0.3, -0.25) is 0 Å². The van der Waals surface area contributed by atoms with Gasteiger partial charge in [-0.15, -0.1) is 0 Å². The molecule has 1 saturated carbocycles. The molecule has 0 radical (unpaired) electrons. The second kappa shape index (κ2) is 7.92. The molecule has 116 valence electrons. The molecule has 0 aromatic heterocycles. The van der Waals surface area contributed by atoms with E-state index in [1.807, 2.05) is 30.5 Å². The number of urea groups is 1. The number of thioether (sulfide) groups is 1. The Morgan fingerprint density at radius 1 is 1.57 bits per heavy atom. The van der Waals surface area contributed by atoms with E-state index in [2.05, 4.69) is 10.6 Å². The smallest absolute Gasteiger partial charge is 0.315 e. The molecule has 1 aromatic carbocycles. The minimum Gasteiger partial charge on any atom is -0.396 e. The number of carbonyl (C=O) groups excluding carboxylic acids is 1. The number of aliphatic hydroxyl groups is 1. The normalized spacial score (nSPS) is 21.7. The zero-order chi connectivity index (χ0) is 15.2. The first kappa shape index (κ1) is 16.5. The topological polar surface area (TPSA) is 61.4 Å². The molecule has 4 nitrogen and oxygen atoms in total. The van der Waals surface area contributed by atoms with E-state index >= 15 is 0 Å². The van der Waals surface area contributed by atoms with Crippen LogP contribution in [0.25, 0.3) is 0 Å². The van der Waals surface area contributed by atoms with Gasteiger partial charge >= 0.3 is 6.03 Å². The maximum atomic E-state index is 12.0. The van der Waals surface area contributed by atoms with Crippen LogP contribution in [0.5, 0.6) is 0 Å². The molecule has 2 rings (SSSR count). The Labute approximate surface area is 134 Å². The molecule has 0 spiro atoms. The highest BCUT2D eigenvalue weighted by molar-refractivity contribution is 7.98. The Bertz CT molecular complexity index is 480. The Morgan fingerprint density at radius 3 is 3.05 bits per heavy atom. The molecule has 1 fully saturated rings. The Kier molecular flexibility index (Phi) is 6.21. The summed E-state index contributed by atoms with van der Waals surface area (Å²) in [5, 5.41) is 15.6. The fourth-order valence-corrected chi connectivity index (χ4v) is 3.26. The lowest BCUT2D eigenvalue weighted by molar-refractivity contribution is 0.231. The molecular weight excluding hydrogens is 308 g/mol. The minimum atomic E-state index is -0.156. The average Bonchev–Trinajstić information content (AvgIpc) is 3.18. The molecule has 2 amide bonds. The maximum Gasteiger partial charge on any atom is 0.315 e. The predicted octanol–water partition coefficient (Wildman–Crippen LogP) is 2.61. The van der Waals surface area contributed by atoms with Gasteiger partial charge in [0.05, 0.1) is 0 Å². The van der Waals surface area contributed by atoms with E-state index < -0.39 is 0 Å². The molecular formula is C15H21ClN2O2S. The van der Waals surface area contributed by atoms with Crippen molar-refractivity contribution < 1.29 is 9.90 Å². The van der Waals surface area contributed by atoms with Gasteiger partial charge in [-0.05, 0) is 36.8 Å². The number of aliphatic hydroxyl groups excluding tert-OH is 1. The molecule has 0 heterocycles. The number of rotatable bonds is 7. The van der Waals surface area contributed by atoms with Crippen LogP contribution in [0.1, 0.15) is 24.3 Å². The van der Waals surface area contributed by atoms with Crippen LogP contribution in [-0.4, -0.2) is 41.8 Å². The summed E-state index contributed by atoms with van der Waals surface area (Å²) in [5.74, 6) is 1.16. The van der Waals surface area contributed by atoms with Crippen molar-refractivity contribution in [3.63, 3.8) is 0 Å². The summed E-state index contributed by atoms with van der Waals surface area (Å²) in [6, 6.07) is 7.80. The molecule has 0 aliphatic heterocycles. The molecule has 0 saturated heterocycles. The van der Waals surface area contributed by atoms with E-state index in [0.717, 1.165) is 17.2 Å². The van der Waals surface area contributed by atoms with Crippen LogP contribution in [0.3, 0.4) is 0 Å². The third kappa shape index (κ3) is 5.09. The number of nitrogens with one attached hydrogen (secondary N) is 2. The molecule has 0 bridgehead atoms. The first-order valence-electron chi connectivity index (χ1n) is 7.06. The molecule has 3 N–H and O–H groups in total. The Hall–Kier alpha value is -0.910. The van der Waals surface area contributed by atoms with Gasteiger partial charge in [0.2, 0.25) is 0 Å². The van der Waals surface area contributed by atoms with Crippen LogP contribution in [-0.2, 0) is 0 Å². The molecule has 21 heavy (non-hydrogen) atoms. The zero-order valence-electron chi connectivity index (χ0n) is 12.0. The van der Waals surface area contributed by atoms with Crippen LogP contribution >= 0.6 is 23.4 Å². The summed E-state index contributed by atoms with van der Waals surface area (Å²) in [7, 11) is 0. The van der Waals surface area contributed by atoms with E-state index in [4.69, 9.17) is 16.7 Å². The van der Waals surface area contributed by atoms with Crippen molar-refractivity contribution in [3.8, 4) is 0 Å². The number of carbonyl (C=O) groups is 1. The Morgan fingerprint density at radius 2 is 2.38 bits per heavy atom. The van der Waals surface area contributed by atoms with Gasteiger partial charge in [0.25, 0.3) is 0 Å². The minimum absolute atomic E-state index is 0.00775. The Balaban J connectivity index is 1.79. The number of benzene rings is 1. The van der Waals surface area contributed by atoms with E-state index in [9.17, 15) is 4.79 Å². The monoisotopic (exact) mass is 328 g/mol. The highest BCUT2D eigenvalue weighted by Crippen LogP contribution is 2.41. The molecule has 3 atom stereocenters. The van der Waals surface area contributed by atoms with Gasteiger partial charge in [0.1, 0.15) is 0 Å². The lowest BCUT2D eigenvalue weighted by Crippen LogP contribution is -2.44. The summed E-state index contributed by atoms with van der Waals surface area (Å²) in [6.07, 6.45) is 3.51. The van der Waals surface area contributed by atoms with Crippen molar-refractivity contribution >= 4 is 29.4 Å². The fraction of sp³-hybridized carbons (Fsp3) is 0.533. The number of halogens is 1. The van der Waals surface area contributed by atoms with Crippen molar-refractivity contribution in [2.75, 3.05) is 18.6 Å². The predicted molar refractivity (Wildman–Crippen MR) is 88.1 cm³/mol.